The molecule has 1 aromatic heterocycles. The maximum atomic E-state index is 12.2. The fraction of sp³-hybridized carbons (Fsp3) is 0.333. The van der Waals surface area contributed by atoms with Crippen molar-refractivity contribution in [2.45, 2.75) is 12.2 Å². The molecule has 0 spiro atoms. The van der Waals surface area contributed by atoms with Crippen LogP contribution in [0.3, 0.4) is 0 Å². The molecule has 0 aromatic carbocycles. The Kier molecular flexibility index (Phi) is 2.34. The molecule has 1 aromatic rings. The summed E-state index contributed by atoms with van der Waals surface area (Å²) in [5.74, 6) is -0.304. The molecule has 0 aliphatic carbocycles. The van der Waals surface area contributed by atoms with Gasteiger partial charge in [0.25, 0.3) is 0 Å². The number of aromatic nitrogens is 1. The first-order valence-electron chi connectivity index (χ1n) is 4.50. The zero-order chi connectivity index (χ0) is 11.9. The molecule has 2 heterocycles. The van der Waals surface area contributed by atoms with Gasteiger partial charge >= 0.3 is 6.18 Å². The van der Waals surface area contributed by atoms with Crippen molar-refractivity contribution in [2.75, 3.05) is 11.4 Å². The van der Waals surface area contributed by atoms with Gasteiger partial charge in [-0.25, -0.2) is 4.98 Å². The lowest BCUT2D eigenvalue weighted by atomic mass is 10.1. The van der Waals surface area contributed by atoms with Gasteiger partial charge in [0.15, 0.2) is 0 Å². The number of pyridine rings is 1. The number of halogens is 3. The minimum Gasteiger partial charge on any atom is -0.318 e. The van der Waals surface area contributed by atoms with Gasteiger partial charge in [0, 0.05) is 0 Å². The molecule has 4 nitrogen and oxygen atoms in total. The Hall–Kier alpha value is -1.63. The van der Waals surface area contributed by atoms with Crippen LogP contribution in [0.1, 0.15) is 5.69 Å². The van der Waals surface area contributed by atoms with Crippen LogP contribution in [0.5, 0.6) is 0 Å². The summed E-state index contributed by atoms with van der Waals surface area (Å²) < 4.78 is 36.6. The summed E-state index contributed by atoms with van der Waals surface area (Å²) in [4.78, 5) is 15.7. The normalized spacial score (nSPS) is 20.9. The van der Waals surface area contributed by atoms with Gasteiger partial charge in [0.2, 0.25) is 5.91 Å². The van der Waals surface area contributed by atoms with Gasteiger partial charge in [0.05, 0.1) is 18.4 Å². The number of nitrogens with zero attached hydrogens (tertiary/aromatic N) is 2. The average molecular weight is 231 g/mol. The van der Waals surface area contributed by atoms with Gasteiger partial charge in [-0.1, -0.05) is 0 Å². The molecule has 1 fully saturated rings. The standard InChI is InChI=1S/C9H8F3N3O/c10-9(11,12)7-2-1-5(3-14-7)15-4-6(13)8(15)16/h1-3,6H,4,13H2. The predicted molar refractivity (Wildman–Crippen MR) is 49.6 cm³/mol. The van der Waals surface area contributed by atoms with Crippen LogP contribution in [0, 0.1) is 0 Å². The maximum Gasteiger partial charge on any atom is 0.433 e. The maximum absolute atomic E-state index is 12.2. The van der Waals surface area contributed by atoms with E-state index in [1.807, 2.05) is 0 Å². The molecule has 0 radical (unpaired) electrons. The number of anilines is 1. The SMILES string of the molecule is NC1CN(c2ccc(C(F)(F)F)nc2)C1=O. The van der Waals surface area contributed by atoms with E-state index in [4.69, 9.17) is 5.73 Å². The second-order valence-electron chi connectivity index (χ2n) is 3.45. The lowest BCUT2D eigenvalue weighted by Gasteiger charge is -2.35. The van der Waals surface area contributed by atoms with Crippen LogP contribution in [0.4, 0.5) is 18.9 Å². The van der Waals surface area contributed by atoms with Crippen LogP contribution in [0.25, 0.3) is 0 Å². The van der Waals surface area contributed by atoms with E-state index < -0.39 is 17.9 Å². The van der Waals surface area contributed by atoms with Gasteiger partial charge < -0.3 is 10.6 Å². The van der Waals surface area contributed by atoms with E-state index >= 15 is 0 Å². The van der Waals surface area contributed by atoms with Crippen molar-refractivity contribution in [1.29, 1.82) is 0 Å². The van der Waals surface area contributed by atoms with Crippen molar-refractivity contribution in [2.24, 2.45) is 5.73 Å². The Bertz CT molecular complexity index is 415. The zero-order valence-electron chi connectivity index (χ0n) is 8.03. The summed E-state index contributed by atoms with van der Waals surface area (Å²) in [6.07, 6.45) is -3.44. The number of carbonyl (C=O) groups excluding carboxylic acids is 1. The molecule has 7 heteroatoms. The van der Waals surface area contributed by atoms with Crippen LogP contribution >= 0.6 is 0 Å². The molecule has 1 aliphatic rings. The first-order chi connectivity index (χ1) is 7.39. The predicted octanol–water partition coefficient (Wildman–Crippen LogP) is 0.774. The monoisotopic (exact) mass is 231 g/mol. The van der Waals surface area contributed by atoms with Crippen molar-refractivity contribution in [3.8, 4) is 0 Å². The number of β-lactam (4-membered cyclic amide) rings is 1. The molecule has 1 saturated heterocycles. The summed E-state index contributed by atoms with van der Waals surface area (Å²) in [5.41, 5.74) is 4.71. The van der Waals surface area contributed by atoms with Gasteiger partial charge in [-0.2, -0.15) is 13.2 Å². The van der Waals surface area contributed by atoms with Crippen LogP contribution in [-0.4, -0.2) is 23.5 Å². The molecular weight excluding hydrogens is 223 g/mol. The highest BCUT2D eigenvalue weighted by Crippen LogP contribution is 2.29. The van der Waals surface area contributed by atoms with Gasteiger partial charge in [-0.05, 0) is 12.1 Å². The fourth-order valence-corrected chi connectivity index (χ4v) is 1.40. The Morgan fingerprint density at radius 3 is 2.50 bits per heavy atom. The average Bonchev–Trinajstić information content (AvgIpc) is 2.24. The van der Waals surface area contributed by atoms with Crippen molar-refractivity contribution in [3.63, 3.8) is 0 Å². The molecule has 1 unspecified atom stereocenters. The first-order valence-corrected chi connectivity index (χ1v) is 4.50. The lowest BCUT2D eigenvalue weighted by Crippen LogP contribution is -2.61. The third-order valence-corrected chi connectivity index (χ3v) is 2.31. The Labute approximate surface area is 88.9 Å². The fourth-order valence-electron chi connectivity index (χ4n) is 1.40. The summed E-state index contributed by atoms with van der Waals surface area (Å²) in [6.45, 7) is 0.311. The number of carbonyl (C=O) groups is 1. The molecule has 2 N–H and O–H groups in total. The van der Waals surface area contributed by atoms with Crippen LogP contribution in [-0.2, 0) is 11.0 Å². The van der Waals surface area contributed by atoms with E-state index in [9.17, 15) is 18.0 Å². The molecular formula is C9H8F3N3O. The largest absolute Gasteiger partial charge is 0.433 e. The van der Waals surface area contributed by atoms with Gasteiger partial charge in [-0.3, -0.25) is 4.79 Å². The summed E-state index contributed by atoms with van der Waals surface area (Å²) in [6, 6.07) is 1.49. The number of hydrogen-bond acceptors (Lipinski definition) is 3. The lowest BCUT2D eigenvalue weighted by molar-refractivity contribution is -0.141. The molecule has 0 bridgehead atoms. The highest BCUT2D eigenvalue weighted by Gasteiger charge is 2.36. The minimum atomic E-state index is -4.46. The minimum absolute atomic E-state index is 0.304. The van der Waals surface area contributed by atoms with E-state index in [0.717, 1.165) is 12.3 Å². The molecule has 1 aliphatic heterocycles. The Morgan fingerprint density at radius 2 is 2.12 bits per heavy atom. The second-order valence-corrected chi connectivity index (χ2v) is 3.45. The van der Waals surface area contributed by atoms with E-state index in [-0.39, 0.29) is 5.91 Å². The smallest absolute Gasteiger partial charge is 0.318 e. The molecule has 16 heavy (non-hydrogen) atoms. The summed E-state index contributed by atoms with van der Waals surface area (Å²) in [7, 11) is 0. The van der Waals surface area contributed by atoms with Crippen LogP contribution in [0.2, 0.25) is 0 Å². The second kappa shape index (κ2) is 3.44. The molecule has 0 saturated carbocycles. The van der Waals surface area contributed by atoms with E-state index in [1.165, 1.54) is 11.0 Å². The van der Waals surface area contributed by atoms with Crippen LogP contribution in [0.15, 0.2) is 18.3 Å². The van der Waals surface area contributed by atoms with E-state index in [0.29, 0.717) is 12.2 Å². The third kappa shape index (κ3) is 1.73. The summed E-state index contributed by atoms with van der Waals surface area (Å²) >= 11 is 0. The topological polar surface area (TPSA) is 59.2 Å². The zero-order valence-corrected chi connectivity index (χ0v) is 8.03. The molecule has 2 rings (SSSR count). The van der Waals surface area contributed by atoms with E-state index in [1.54, 1.807) is 0 Å². The highest BCUT2D eigenvalue weighted by molar-refractivity contribution is 6.03. The van der Waals surface area contributed by atoms with Gasteiger partial charge in [-0.15, -0.1) is 0 Å². The Morgan fingerprint density at radius 1 is 1.44 bits per heavy atom. The molecule has 1 amide bonds. The number of hydrogen-bond donors (Lipinski definition) is 1. The van der Waals surface area contributed by atoms with Crippen molar-refractivity contribution in [3.05, 3.63) is 24.0 Å². The van der Waals surface area contributed by atoms with Crippen molar-refractivity contribution < 1.29 is 18.0 Å². The number of alkyl halides is 3. The van der Waals surface area contributed by atoms with Crippen molar-refractivity contribution >= 4 is 11.6 Å². The molecule has 1 atom stereocenters. The third-order valence-electron chi connectivity index (χ3n) is 2.31. The van der Waals surface area contributed by atoms with Crippen LogP contribution < -0.4 is 10.6 Å². The Balaban J connectivity index is 2.18. The molecule has 86 valence electrons. The number of amides is 1. The van der Waals surface area contributed by atoms with Crippen molar-refractivity contribution in [1.82, 2.24) is 4.98 Å². The number of rotatable bonds is 1. The van der Waals surface area contributed by atoms with E-state index in [2.05, 4.69) is 4.98 Å². The number of nitrogens with two attached hydrogens (primary N) is 1. The van der Waals surface area contributed by atoms with Gasteiger partial charge in [0.1, 0.15) is 11.7 Å². The summed E-state index contributed by atoms with van der Waals surface area (Å²) in [5, 5.41) is 0. The first kappa shape index (κ1) is 10.9. The quantitative estimate of drug-likeness (QED) is 0.726. The highest BCUT2D eigenvalue weighted by atomic mass is 19.4.